The van der Waals surface area contributed by atoms with Crippen molar-refractivity contribution >= 4 is 11.6 Å². The minimum absolute atomic E-state index is 0.0716. The molecule has 0 bridgehead atoms. The van der Waals surface area contributed by atoms with Crippen LogP contribution in [-0.2, 0) is 4.79 Å². The van der Waals surface area contributed by atoms with Crippen molar-refractivity contribution in [3.8, 4) is 17.2 Å². The molecule has 0 saturated heterocycles. The monoisotopic (exact) mass is 343 g/mol. The lowest BCUT2D eigenvalue weighted by Gasteiger charge is -2.13. The molecule has 1 atom stereocenters. The van der Waals surface area contributed by atoms with Gasteiger partial charge in [-0.3, -0.25) is 4.79 Å². The van der Waals surface area contributed by atoms with E-state index >= 15 is 0 Å². The molecule has 134 valence electrons. The molecule has 0 fully saturated rings. The van der Waals surface area contributed by atoms with Gasteiger partial charge in [0.25, 0.3) is 5.91 Å². The summed E-state index contributed by atoms with van der Waals surface area (Å²) in [7, 11) is 3.12. The molecule has 2 aromatic carbocycles. The van der Waals surface area contributed by atoms with Gasteiger partial charge in [0.2, 0.25) is 0 Å². The normalized spacial score (nSPS) is 11.5. The molecular formula is C20H25NO4. The lowest BCUT2D eigenvalue weighted by atomic mass is 9.99. The number of nitrogens with one attached hydrogen (secondary N) is 1. The fourth-order valence-corrected chi connectivity index (χ4v) is 2.37. The van der Waals surface area contributed by atoms with E-state index in [-0.39, 0.29) is 12.5 Å². The molecule has 0 spiro atoms. The summed E-state index contributed by atoms with van der Waals surface area (Å²) in [5.74, 6) is 2.12. The SMILES string of the molecule is CC[C@@H](C)c1ccc(OCC(=O)Nc2ccc(OC)cc2OC)cc1. The summed E-state index contributed by atoms with van der Waals surface area (Å²) in [6.45, 7) is 4.27. The summed E-state index contributed by atoms with van der Waals surface area (Å²) >= 11 is 0. The van der Waals surface area contributed by atoms with Crippen LogP contribution in [0.4, 0.5) is 5.69 Å². The number of methoxy groups -OCH3 is 2. The summed E-state index contributed by atoms with van der Waals surface area (Å²) < 4.78 is 16.0. The zero-order chi connectivity index (χ0) is 18.2. The quantitative estimate of drug-likeness (QED) is 0.779. The van der Waals surface area contributed by atoms with Crippen molar-refractivity contribution in [2.45, 2.75) is 26.2 Å². The number of carbonyl (C=O) groups excluding carboxylic acids is 1. The molecule has 0 radical (unpaired) electrons. The molecule has 5 nitrogen and oxygen atoms in total. The molecule has 0 aliphatic rings. The van der Waals surface area contributed by atoms with Gasteiger partial charge in [0.05, 0.1) is 19.9 Å². The second-order valence-electron chi connectivity index (χ2n) is 5.78. The summed E-state index contributed by atoms with van der Waals surface area (Å²) in [5, 5.41) is 2.78. The Kier molecular flexibility index (Phi) is 6.69. The maximum absolute atomic E-state index is 12.1. The fraction of sp³-hybridized carbons (Fsp3) is 0.350. The molecule has 0 saturated carbocycles. The Morgan fingerprint density at radius 3 is 2.32 bits per heavy atom. The molecule has 5 heteroatoms. The Morgan fingerprint density at radius 2 is 1.72 bits per heavy atom. The first-order valence-electron chi connectivity index (χ1n) is 8.32. The van der Waals surface area contributed by atoms with E-state index in [2.05, 4.69) is 19.2 Å². The largest absolute Gasteiger partial charge is 0.497 e. The first kappa shape index (κ1) is 18.6. The highest BCUT2D eigenvalue weighted by molar-refractivity contribution is 5.93. The molecule has 0 aliphatic carbocycles. The fourth-order valence-electron chi connectivity index (χ4n) is 2.37. The molecule has 25 heavy (non-hydrogen) atoms. The van der Waals surface area contributed by atoms with E-state index in [9.17, 15) is 4.79 Å². The summed E-state index contributed by atoms with van der Waals surface area (Å²) in [4.78, 5) is 12.1. The number of amides is 1. The van der Waals surface area contributed by atoms with Crippen LogP contribution in [0.3, 0.4) is 0 Å². The Balaban J connectivity index is 1.92. The number of hydrogen-bond acceptors (Lipinski definition) is 4. The third kappa shape index (κ3) is 5.14. The lowest BCUT2D eigenvalue weighted by molar-refractivity contribution is -0.118. The third-order valence-electron chi connectivity index (χ3n) is 4.11. The number of anilines is 1. The number of benzene rings is 2. The Bertz CT molecular complexity index is 697. The van der Waals surface area contributed by atoms with Gasteiger partial charge in [-0.15, -0.1) is 0 Å². The van der Waals surface area contributed by atoms with Crippen LogP contribution in [0.2, 0.25) is 0 Å². The Hall–Kier alpha value is -2.69. The number of rotatable bonds is 8. The van der Waals surface area contributed by atoms with Gasteiger partial charge in [-0.1, -0.05) is 26.0 Å². The lowest BCUT2D eigenvalue weighted by Crippen LogP contribution is -2.20. The van der Waals surface area contributed by atoms with Gasteiger partial charge in [-0.05, 0) is 42.2 Å². The van der Waals surface area contributed by atoms with E-state index in [1.54, 1.807) is 32.4 Å². The van der Waals surface area contributed by atoms with Gasteiger partial charge in [-0.25, -0.2) is 0 Å². The number of carbonyl (C=O) groups is 1. The van der Waals surface area contributed by atoms with Crippen LogP contribution in [0.5, 0.6) is 17.2 Å². The minimum atomic E-state index is -0.255. The van der Waals surface area contributed by atoms with Gasteiger partial charge in [0.1, 0.15) is 17.2 Å². The highest BCUT2D eigenvalue weighted by Gasteiger charge is 2.10. The van der Waals surface area contributed by atoms with Crippen LogP contribution in [-0.4, -0.2) is 26.7 Å². The van der Waals surface area contributed by atoms with Crippen LogP contribution in [0, 0.1) is 0 Å². The second kappa shape index (κ2) is 8.97. The van der Waals surface area contributed by atoms with Crippen molar-refractivity contribution in [3.63, 3.8) is 0 Å². The van der Waals surface area contributed by atoms with Crippen molar-refractivity contribution in [1.29, 1.82) is 0 Å². The smallest absolute Gasteiger partial charge is 0.262 e. The standard InChI is InChI=1S/C20H25NO4/c1-5-14(2)15-6-8-16(9-7-15)25-13-20(22)21-18-11-10-17(23-3)12-19(18)24-4/h6-12,14H,5,13H2,1-4H3,(H,21,22)/t14-/m1/s1. The zero-order valence-corrected chi connectivity index (χ0v) is 15.2. The van der Waals surface area contributed by atoms with Crippen molar-refractivity contribution in [3.05, 3.63) is 48.0 Å². The maximum atomic E-state index is 12.1. The zero-order valence-electron chi connectivity index (χ0n) is 15.2. The Labute approximate surface area is 148 Å². The highest BCUT2D eigenvalue weighted by Crippen LogP contribution is 2.29. The van der Waals surface area contributed by atoms with Gasteiger partial charge in [-0.2, -0.15) is 0 Å². The summed E-state index contributed by atoms with van der Waals surface area (Å²) in [5.41, 5.74) is 1.84. The van der Waals surface area contributed by atoms with Crippen molar-refractivity contribution in [2.75, 3.05) is 26.1 Å². The van der Waals surface area contributed by atoms with Gasteiger partial charge in [0, 0.05) is 6.07 Å². The van der Waals surface area contributed by atoms with Crippen LogP contribution in [0.25, 0.3) is 0 Å². The average molecular weight is 343 g/mol. The van der Waals surface area contributed by atoms with Crippen LogP contribution >= 0.6 is 0 Å². The van der Waals surface area contributed by atoms with Crippen LogP contribution in [0.15, 0.2) is 42.5 Å². The molecule has 0 aliphatic heterocycles. The Morgan fingerprint density at radius 1 is 1.04 bits per heavy atom. The maximum Gasteiger partial charge on any atom is 0.262 e. The predicted octanol–water partition coefficient (Wildman–Crippen LogP) is 4.23. The molecule has 1 amide bonds. The topological polar surface area (TPSA) is 56.8 Å². The van der Waals surface area contributed by atoms with Crippen molar-refractivity contribution < 1.29 is 19.0 Å². The van der Waals surface area contributed by atoms with Crippen molar-refractivity contribution in [2.24, 2.45) is 0 Å². The molecular weight excluding hydrogens is 318 g/mol. The van der Waals surface area contributed by atoms with E-state index in [4.69, 9.17) is 14.2 Å². The molecule has 0 unspecified atom stereocenters. The molecule has 1 N–H and O–H groups in total. The molecule has 0 heterocycles. The number of hydrogen-bond donors (Lipinski definition) is 1. The summed E-state index contributed by atoms with van der Waals surface area (Å²) in [6, 6.07) is 13.1. The van der Waals surface area contributed by atoms with Crippen LogP contribution < -0.4 is 19.5 Å². The highest BCUT2D eigenvalue weighted by atomic mass is 16.5. The van der Waals surface area contributed by atoms with Crippen LogP contribution in [0.1, 0.15) is 31.7 Å². The van der Waals surface area contributed by atoms with Gasteiger partial charge >= 0.3 is 0 Å². The number of ether oxygens (including phenoxy) is 3. The minimum Gasteiger partial charge on any atom is -0.497 e. The van der Waals surface area contributed by atoms with E-state index in [0.717, 1.165) is 6.42 Å². The first-order chi connectivity index (χ1) is 12.1. The third-order valence-corrected chi connectivity index (χ3v) is 4.11. The van der Waals surface area contributed by atoms with Gasteiger partial charge in [0.15, 0.2) is 6.61 Å². The predicted molar refractivity (Wildman–Crippen MR) is 98.8 cm³/mol. The van der Waals surface area contributed by atoms with E-state index in [1.807, 2.05) is 24.3 Å². The molecule has 0 aromatic heterocycles. The molecule has 2 rings (SSSR count). The first-order valence-corrected chi connectivity index (χ1v) is 8.32. The van der Waals surface area contributed by atoms with Gasteiger partial charge < -0.3 is 19.5 Å². The molecule has 2 aromatic rings. The van der Waals surface area contributed by atoms with Crippen molar-refractivity contribution in [1.82, 2.24) is 0 Å². The van der Waals surface area contributed by atoms with E-state index < -0.39 is 0 Å². The second-order valence-corrected chi connectivity index (χ2v) is 5.78. The van der Waals surface area contributed by atoms with E-state index in [0.29, 0.717) is 28.9 Å². The van der Waals surface area contributed by atoms with E-state index in [1.165, 1.54) is 5.56 Å². The average Bonchev–Trinajstić information content (AvgIpc) is 2.66. The summed E-state index contributed by atoms with van der Waals surface area (Å²) in [6.07, 6.45) is 1.09.